The molecule has 0 unspecified atom stereocenters. The van der Waals surface area contributed by atoms with Gasteiger partial charge in [0, 0.05) is 19.4 Å². The SMILES string of the molecule is CS(=O)(=O)OCCCCN1C(=O)CCCCC1=O. The summed E-state index contributed by atoms with van der Waals surface area (Å²) in [5.41, 5.74) is 0. The minimum Gasteiger partial charge on any atom is -0.283 e. The van der Waals surface area contributed by atoms with E-state index in [1.54, 1.807) is 0 Å². The van der Waals surface area contributed by atoms with Crippen molar-refractivity contribution >= 4 is 21.9 Å². The lowest BCUT2D eigenvalue weighted by Gasteiger charge is -2.18. The predicted molar refractivity (Wildman–Crippen MR) is 65.2 cm³/mol. The van der Waals surface area contributed by atoms with Crippen molar-refractivity contribution in [3.05, 3.63) is 0 Å². The van der Waals surface area contributed by atoms with Crippen LogP contribution in [0.4, 0.5) is 0 Å². The van der Waals surface area contributed by atoms with Crippen LogP contribution >= 0.6 is 0 Å². The Morgan fingerprint density at radius 2 is 1.67 bits per heavy atom. The maximum Gasteiger partial charge on any atom is 0.264 e. The van der Waals surface area contributed by atoms with Gasteiger partial charge in [0.25, 0.3) is 10.1 Å². The van der Waals surface area contributed by atoms with Crippen LogP contribution in [0.25, 0.3) is 0 Å². The molecule has 1 aliphatic rings. The molecule has 0 N–H and O–H groups in total. The van der Waals surface area contributed by atoms with Crippen molar-refractivity contribution in [3.63, 3.8) is 0 Å². The van der Waals surface area contributed by atoms with Crippen LogP contribution in [0.1, 0.15) is 38.5 Å². The number of amides is 2. The molecule has 0 atom stereocenters. The van der Waals surface area contributed by atoms with Crippen LogP contribution in [0.2, 0.25) is 0 Å². The van der Waals surface area contributed by atoms with Gasteiger partial charge in [0.15, 0.2) is 0 Å². The van der Waals surface area contributed by atoms with Gasteiger partial charge in [-0.1, -0.05) is 0 Å². The monoisotopic (exact) mass is 277 g/mol. The van der Waals surface area contributed by atoms with Gasteiger partial charge < -0.3 is 0 Å². The van der Waals surface area contributed by atoms with Gasteiger partial charge in [-0.3, -0.25) is 18.7 Å². The van der Waals surface area contributed by atoms with E-state index in [-0.39, 0.29) is 18.4 Å². The van der Waals surface area contributed by atoms with Gasteiger partial charge in [-0.25, -0.2) is 0 Å². The van der Waals surface area contributed by atoms with Crippen molar-refractivity contribution < 1.29 is 22.2 Å². The molecule has 0 aromatic carbocycles. The fraction of sp³-hybridized carbons (Fsp3) is 0.818. The minimum atomic E-state index is -3.40. The summed E-state index contributed by atoms with van der Waals surface area (Å²) in [7, 11) is -3.40. The van der Waals surface area contributed by atoms with E-state index in [1.165, 1.54) is 4.90 Å². The number of hydrogen-bond donors (Lipinski definition) is 0. The van der Waals surface area contributed by atoms with Crippen LogP contribution in [0.5, 0.6) is 0 Å². The smallest absolute Gasteiger partial charge is 0.264 e. The van der Waals surface area contributed by atoms with E-state index in [1.807, 2.05) is 0 Å². The summed E-state index contributed by atoms with van der Waals surface area (Å²) in [6.07, 6.45) is 4.43. The number of imide groups is 1. The number of carbonyl (C=O) groups excluding carboxylic acids is 2. The van der Waals surface area contributed by atoms with E-state index < -0.39 is 10.1 Å². The topological polar surface area (TPSA) is 80.8 Å². The third-order valence-electron chi connectivity index (χ3n) is 2.71. The van der Waals surface area contributed by atoms with Gasteiger partial charge in [-0.05, 0) is 25.7 Å². The Hall–Kier alpha value is -0.950. The first-order valence-electron chi connectivity index (χ1n) is 6.08. The average Bonchev–Trinajstić information content (AvgIpc) is 2.41. The van der Waals surface area contributed by atoms with E-state index >= 15 is 0 Å². The number of rotatable bonds is 6. The maximum atomic E-state index is 11.6. The Balaban J connectivity index is 2.28. The highest BCUT2D eigenvalue weighted by Crippen LogP contribution is 2.13. The van der Waals surface area contributed by atoms with Crippen LogP contribution in [-0.2, 0) is 23.9 Å². The summed E-state index contributed by atoms with van der Waals surface area (Å²) >= 11 is 0. The molecule has 1 rings (SSSR count). The molecule has 0 aromatic heterocycles. The summed E-state index contributed by atoms with van der Waals surface area (Å²) in [5, 5.41) is 0. The van der Waals surface area contributed by atoms with Crippen LogP contribution in [0.15, 0.2) is 0 Å². The fourth-order valence-corrected chi connectivity index (χ4v) is 2.21. The molecule has 6 nitrogen and oxygen atoms in total. The maximum absolute atomic E-state index is 11.6. The number of unbranched alkanes of at least 4 members (excludes halogenated alkanes) is 1. The molecule has 104 valence electrons. The molecular formula is C11H19NO5S. The predicted octanol–water partition coefficient (Wildman–Crippen LogP) is 0.672. The first-order valence-corrected chi connectivity index (χ1v) is 7.89. The normalized spacial score (nSPS) is 17.9. The van der Waals surface area contributed by atoms with Gasteiger partial charge in [0.1, 0.15) is 0 Å². The van der Waals surface area contributed by atoms with Gasteiger partial charge >= 0.3 is 0 Å². The molecule has 0 saturated carbocycles. The molecular weight excluding hydrogens is 258 g/mol. The molecule has 18 heavy (non-hydrogen) atoms. The zero-order valence-electron chi connectivity index (χ0n) is 10.6. The first-order chi connectivity index (χ1) is 8.40. The second-order valence-corrected chi connectivity index (χ2v) is 6.02. The van der Waals surface area contributed by atoms with Crippen LogP contribution in [0, 0.1) is 0 Å². The largest absolute Gasteiger partial charge is 0.283 e. The van der Waals surface area contributed by atoms with E-state index in [0.717, 1.165) is 19.1 Å². The molecule has 0 aromatic rings. The Bertz CT molecular complexity index is 386. The highest BCUT2D eigenvalue weighted by molar-refractivity contribution is 7.85. The Morgan fingerprint density at radius 1 is 1.11 bits per heavy atom. The fourth-order valence-electron chi connectivity index (χ4n) is 1.79. The standard InChI is InChI=1S/C11H19NO5S/c1-18(15,16)17-9-5-4-8-12-10(13)6-2-3-7-11(12)14/h2-9H2,1H3. The summed E-state index contributed by atoms with van der Waals surface area (Å²) < 4.78 is 26.0. The van der Waals surface area contributed by atoms with Crippen molar-refractivity contribution in [2.75, 3.05) is 19.4 Å². The molecule has 1 fully saturated rings. The number of hydrogen-bond acceptors (Lipinski definition) is 5. The van der Waals surface area contributed by atoms with Gasteiger partial charge in [-0.15, -0.1) is 0 Å². The number of carbonyl (C=O) groups is 2. The quantitative estimate of drug-likeness (QED) is 0.405. The first kappa shape index (κ1) is 15.1. The van der Waals surface area contributed by atoms with Gasteiger partial charge in [0.2, 0.25) is 11.8 Å². The van der Waals surface area contributed by atoms with Gasteiger partial charge in [0.05, 0.1) is 12.9 Å². The summed E-state index contributed by atoms with van der Waals surface area (Å²) in [6.45, 7) is 0.444. The van der Waals surface area contributed by atoms with E-state index in [4.69, 9.17) is 0 Å². The Labute approximate surface area is 107 Å². The van der Waals surface area contributed by atoms with E-state index in [0.29, 0.717) is 32.2 Å². The second kappa shape index (κ2) is 6.84. The zero-order chi connectivity index (χ0) is 13.6. The van der Waals surface area contributed by atoms with Crippen molar-refractivity contribution in [3.8, 4) is 0 Å². The highest BCUT2D eigenvalue weighted by atomic mass is 32.2. The molecule has 0 aliphatic carbocycles. The Morgan fingerprint density at radius 3 is 2.17 bits per heavy atom. The molecule has 1 heterocycles. The molecule has 0 radical (unpaired) electrons. The Kier molecular flexibility index (Phi) is 5.74. The summed E-state index contributed by atoms with van der Waals surface area (Å²) in [5.74, 6) is -0.247. The third-order valence-corrected chi connectivity index (χ3v) is 3.30. The molecule has 7 heteroatoms. The lowest BCUT2D eigenvalue weighted by molar-refractivity contribution is -0.143. The highest BCUT2D eigenvalue weighted by Gasteiger charge is 2.23. The van der Waals surface area contributed by atoms with E-state index in [9.17, 15) is 18.0 Å². The average molecular weight is 277 g/mol. The molecule has 2 amide bonds. The zero-order valence-corrected chi connectivity index (χ0v) is 11.4. The lowest BCUT2D eigenvalue weighted by atomic mass is 10.2. The van der Waals surface area contributed by atoms with Crippen LogP contribution in [0.3, 0.4) is 0 Å². The second-order valence-electron chi connectivity index (χ2n) is 4.38. The lowest BCUT2D eigenvalue weighted by Crippen LogP contribution is -2.36. The van der Waals surface area contributed by atoms with Crippen LogP contribution < -0.4 is 0 Å². The van der Waals surface area contributed by atoms with Crippen LogP contribution in [-0.4, -0.2) is 44.5 Å². The number of likely N-dealkylation sites (tertiary alicyclic amines) is 1. The molecule has 1 aliphatic heterocycles. The van der Waals surface area contributed by atoms with Crippen molar-refractivity contribution in [2.45, 2.75) is 38.5 Å². The number of nitrogens with zero attached hydrogens (tertiary/aromatic N) is 1. The molecule has 0 bridgehead atoms. The minimum absolute atomic E-state index is 0.0923. The van der Waals surface area contributed by atoms with Gasteiger partial charge in [-0.2, -0.15) is 8.42 Å². The molecule has 0 spiro atoms. The van der Waals surface area contributed by atoms with Crippen molar-refractivity contribution in [2.24, 2.45) is 0 Å². The van der Waals surface area contributed by atoms with Crippen molar-refractivity contribution in [1.82, 2.24) is 4.90 Å². The molecule has 1 saturated heterocycles. The third kappa shape index (κ3) is 5.59. The van der Waals surface area contributed by atoms with E-state index in [2.05, 4.69) is 4.18 Å². The summed E-state index contributed by atoms with van der Waals surface area (Å²) in [4.78, 5) is 24.5. The summed E-state index contributed by atoms with van der Waals surface area (Å²) in [6, 6.07) is 0. The van der Waals surface area contributed by atoms with Crippen molar-refractivity contribution in [1.29, 1.82) is 0 Å².